The van der Waals surface area contributed by atoms with E-state index < -0.39 is 5.82 Å². The van der Waals surface area contributed by atoms with E-state index in [0.29, 0.717) is 0 Å². The number of rotatable bonds is 2. The monoisotopic (exact) mass is 226 g/mol. The van der Waals surface area contributed by atoms with Crippen LogP contribution in [0.4, 0.5) is 4.39 Å². The van der Waals surface area contributed by atoms with Gasteiger partial charge in [-0.05, 0) is 6.07 Å². The molecule has 0 aliphatic heterocycles. The molecule has 12 heavy (non-hydrogen) atoms. The lowest BCUT2D eigenvalue weighted by Gasteiger charge is -2.03. The van der Waals surface area contributed by atoms with Crippen LogP contribution in [0.5, 0.6) is 0 Å². The Labute approximate surface area is 79.5 Å². The summed E-state index contributed by atoms with van der Waals surface area (Å²) in [5.41, 5.74) is 0.147. The quantitative estimate of drug-likeness (QED) is 0.421. The maximum Gasteiger partial charge on any atom is 0.175 e. The van der Waals surface area contributed by atoms with Gasteiger partial charge >= 0.3 is 0 Å². The van der Waals surface area contributed by atoms with E-state index in [0.717, 1.165) is 0 Å². The fourth-order valence-corrected chi connectivity index (χ4v) is 1.18. The SMILES string of the molecule is [B]c1cccc(F)c1C(=O)CBr. The molecule has 0 heterocycles. The Bertz CT molecular complexity index is 294. The molecule has 0 aliphatic rings. The normalized spacial score (nSPS) is 9.83. The first kappa shape index (κ1) is 9.45. The molecule has 1 aromatic carbocycles. The number of benzene rings is 1. The van der Waals surface area contributed by atoms with Gasteiger partial charge in [0.1, 0.15) is 13.7 Å². The first-order chi connectivity index (χ1) is 5.66. The van der Waals surface area contributed by atoms with Crippen molar-refractivity contribution in [2.24, 2.45) is 0 Å². The minimum absolute atomic E-state index is 0.0330. The number of hydrogen-bond donors (Lipinski definition) is 0. The van der Waals surface area contributed by atoms with Crippen LogP contribution in [0.1, 0.15) is 10.4 Å². The summed E-state index contributed by atoms with van der Waals surface area (Å²) in [6.07, 6.45) is 0. The van der Waals surface area contributed by atoms with Crippen molar-refractivity contribution in [3.8, 4) is 0 Å². The highest BCUT2D eigenvalue weighted by Crippen LogP contribution is 2.05. The smallest absolute Gasteiger partial charge is 0.175 e. The number of alkyl halides is 1. The Morgan fingerprint density at radius 2 is 2.25 bits per heavy atom. The van der Waals surface area contributed by atoms with Crippen molar-refractivity contribution >= 4 is 35.0 Å². The minimum atomic E-state index is -0.570. The van der Waals surface area contributed by atoms with Gasteiger partial charge in [-0.3, -0.25) is 4.79 Å². The van der Waals surface area contributed by atoms with Gasteiger partial charge in [-0.25, -0.2) is 4.39 Å². The molecule has 0 saturated carbocycles. The maximum absolute atomic E-state index is 13.0. The van der Waals surface area contributed by atoms with E-state index in [1.54, 1.807) is 0 Å². The van der Waals surface area contributed by atoms with E-state index in [1.165, 1.54) is 18.2 Å². The van der Waals surface area contributed by atoms with Crippen LogP contribution in [-0.4, -0.2) is 19.0 Å². The molecule has 0 bridgehead atoms. The van der Waals surface area contributed by atoms with Crippen molar-refractivity contribution in [2.45, 2.75) is 0 Å². The van der Waals surface area contributed by atoms with E-state index in [2.05, 4.69) is 15.9 Å². The number of Topliss-reactive ketones (excluding diaryl/α,β-unsaturated/α-hetero) is 1. The lowest BCUT2D eigenvalue weighted by molar-refractivity contribution is 0.102. The summed E-state index contributed by atoms with van der Waals surface area (Å²) >= 11 is 2.95. The van der Waals surface area contributed by atoms with Crippen molar-refractivity contribution in [3.05, 3.63) is 29.6 Å². The zero-order chi connectivity index (χ0) is 9.14. The number of halogens is 2. The number of ketones is 1. The zero-order valence-electron chi connectivity index (χ0n) is 6.18. The Morgan fingerprint density at radius 1 is 1.58 bits per heavy atom. The highest BCUT2D eigenvalue weighted by Gasteiger charge is 2.11. The predicted octanol–water partition coefficient (Wildman–Crippen LogP) is 1.20. The molecule has 1 nitrogen and oxygen atoms in total. The fourth-order valence-electron chi connectivity index (χ4n) is 0.902. The molecule has 0 fully saturated rings. The summed E-state index contributed by atoms with van der Waals surface area (Å²) in [5, 5.41) is 0.0815. The van der Waals surface area contributed by atoms with Gasteiger partial charge < -0.3 is 0 Å². The second kappa shape index (κ2) is 3.85. The van der Waals surface area contributed by atoms with Gasteiger partial charge in [-0.15, -0.1) is 0 Å². The lowest BCUT2D eigenvalue weighted by Crippen LogP contribution is -2.18. The second-order valence-electron chi connectivity index (χ2n) is 2.26. The van der Waals surface area contributed by atoms with Gasteiger partial charge in [0.2, 0.25) is 0 Å². The van der Waals surface area contributed by atoms with Gasteiger partial charge in [0.05, 0.1) is 5.33 Å². The average molecular weight is 227 g/mol. The van der Waals surface area contributed by atoms with Crippen molar-refractivity contribution in [1.29, 1.82) is 0 Å². The largest absolute Gasteiger partial charge is 0.293 e. The maximum atomic E-state index is 13.0. The Balaban J connectivity index is 3.21. The molecule has 2 radical (unpaired) electrons. The molecule has 1 aromatic rings. The van der Waals surface area contributed by atoms with Gasteiger partial charge in [0, 0.05) is 5.56 Å². The van der Waals surface area contributed by atoms with Crippen LogP contribution in [-0.2, 0) is 0 Å². The van der Waals surface area contributed by atoms with Gasteiger partial charge in [-0.1, -0.05) is 33.5 Å². The number of hydrogen-bond acceptors (Lipinski definition) is 1. The molecular formula is C8H5BBrFO. The van der Waals surface area contributed by atoms with Crippen LogP contribution in [0.25, 0.3) is 0 Å². The van der Waals surface area contributed by atoms with Gasteiger partial charge in [0.15, 0.2) is 5.78 Å². The van der Waals surface area contributed by atoms with Crippen molar-refractivity contribution in [2.75, 3.05) is 5.33 Å². The molecule has 0 saturated heterocycles. The summed E-state index contributed by atoms with van der Waals surface area (Å²) in [7, 11) is 5.42. The van der Waals surface area contributed by atoms with Crippen molar-refractivity contribution in [1.82, 2.24) is 0 Å². The van der Waals surface area contributed by atoms with E-state index >= 15 is 0 Å². The Hall–Kier alpha value is -0.635. The molecule has 0 atom stereocenters. The molecule has 0 spiro atoms. The van der Waals surface area contributed by atoms with E-state index in [4.69, 9.17) is 7.85 Å². The summed E-state index contributed by atoms with van der Waals surface area (Å²) in [6, 6.07) is 4.18. The van der Waals surface area contributed by atoms with Gasteiger partial charge in [-0.2, -0.15) is 0 Å². The van der Waals surface area contributed by atoms with E-state index in [1.807, 2.05) is 0 Å². The molecular weight excluding hydrogens is 222 g/mol. The van der Waals surface area contributed by atoms with Crippen LogP contribution in [0.2, 0.25) is 0 Å². The molecule has 0 amide bonds. The van der Waals surface area contributed by atoms with Crippen LogP contribution < -0.4 is 5.46 Å². The van der Waals surface area contributed by atoms with Crippen LogP contribution >= 0.6 is 15.9 Å². The van der Waals surface area contributed by atoms with E-state index in [9.17, 15) is 9.18 Å². The van der Waals surface area contributed by atoms with Crippen LogP contribution in [0.15, 0.2) is 18.2 Å². The standard InChI is InChI=1S/C8H5BBrFO/c9-5-2-1-3-6(11)8(5)7(12)4-10/h1-3H,4H2. The summed E-state index contributed by atoms with van der Waals surface area (Å²) < 4.78 is 13.0. The Kier molecular flexibility index (Phi) is 3.03. The molecule has 0 aliphatic carbocycles. The second-order valence-corrected chi connectivity index (χ2v) is 2.82. The molecule has 4 heteroatoms. The minimum Gasteiger partial charge on any atom is -0.293 e. The molecule has 60 valence electrons. The van der Waals surface area contributed by atoms with Crippen molar-refractivity contribution < 1.29 is 9.18 Å². The molecule has 0 aromatic heterocycles. The third-order valence-corrected chi connectivity index (χ3v) is 1.96. The van der Waals surface area contributed by atoms with Crippen LogP contribution in [0, 0.1) is 5.82 Å². The third-order valence-electron chi connectivity index (χ3n) is 1.45. The lowest BCUT2D eigenvalue weighted by atomic mass is 9.89. The summed E-state index contributed by atoms with van der Waals surface area (Å²) in [4.78, 5) is 11.1. The highest BCUT2D eigenvalue weighted by atomic mass is 79.9. The third kappa shape index (κ3) is 1.75. The first-order valence-corrected chi connectivity index (χ1v) is 4.42. The first-order valence-electron chi connectivity index (χ1n) is 3.30. The topological polar surface area (TPSA) is 17.1 Å². The highest BCUT2D eigenvalue weighted by molar-refractivity contribution is 9.09. The average Bonchev–Trinajstić information content (AvgIpc) is 2.03. The molecule has 0 N–H and O–H groups in total. The molecule has 1 rings (SSSR count). The summed E-state index contributed by atoms with van der Waals surface area (Å²) in [5.74, 6) is -0.912. The predicted molar refractivity (Wildman–Crippen MR) is 49.9 cm³/mol. The number of carbonyl (C=O) groups is 1. The summed E-state index contributed by atoms with van der Waals surface area (Å²) in [6.45, 7) is 0. The number of carbonyl (C=O) groups excluding carboxylic acids is 1. The Morgan fingerprint density at radius 3 is 2.75 bits per heavy atom. The van der Waals surface area contributed by atoms with Crippen molar-refractivity contribution in [3.63, 3.8) is 0 Å². The zero-order valence-corrected chi connectivity index (χ0v) is 7.77. The fraction of sp³-hybridized carbons (Fsp3) is 0.125. The van der Waals surface area contributed by atoms with Gasteiger partial charge in [0.25, 0.3) is 0 Å². The molecule has 0 unspecified atom stereocenters. The van der Waals surface area contributed by atoms with E-state index in [-0.39, 0.29) is 22.1 Å². The van der Waals surface area contributed by atoms with Crippen LogP contribution in [0.3, 0.4) is 0 Å².